The Morgan fingerprint density at radius 1 is 1.41 bits per heavy atom. The smallest absolute Gasteiger partial charge is 0.325 e. The zero-order valence-corrected chi connectivity index (χ0v) is 14.4. The van der Waals surface area contributed by atoms with Gasteiger partial charge in [0.1, 0.15) is 11.6 Å². The molecule has 0 bridgehead atoms. The molecule has 4 rings (SSSR count). The lowest BCUT2D eigenvalue weighted by Crippen LogP contribution is -2.22. The Bertz CT molecular complexity index is 1030. The SMILES string of the molecule is O=C(O)Cn1cc(Nc2ncc(Cl)c(N3Cc4cccc(F)c4O3)n2)cn1. The Labute approximate surface area is 156 Å². The molecule has 9 nitrogen and oxygen atoms in total. The second-order valence-corrected chi connectivity index (χ2v) is 6.07. The lowest BCUT2D eigenvalue weighted by Gasteiger charge is -2.17. The number of halogens is 2. The van der Waals surface area contributed by atoms with Crippen LogP contribution < -0.4 is 15.2 Å². The molecule has 11 heteroatoms. The molecule has 0 unspecified atom stereocenters. The Kier molecular flexibility index (Phi) is 4.24. The van der Waals surface area contributed by atoms with Crippen LogP contribution in [-0.4, -0.2) is 30.8 Å². The summed E-state index contributed by atoms with van der Waals surface area (Å²) >= 11 is 6.17. The van der Waals surface area contributed by atoms with E-state index in [0.29, 0.717) is 11.3 Å². The van der Waals surface area contributed by atoms with Gasteiger partial charge in [0.05, 0.1) is 24.6 Å². The van der Waals surface area contributed by atoms with Gasteiger partial charge in [0.15, 0.2) is 17.4 Å². The van der Waals surface area contributed by atoms with E-state index in [1.165, 1.54) is 34.4 Å². The molecule has 2 N–H and O–H groups in total. The average Bonchev–Trinajstić information content (AvgIpc) is 3.24. The van der Waals surface area contributed by atoms with Gasteiger partial charge >= 0.3 is 5.97 Å². The average molecular weight is 391 g/mol. The van der Waals surface area contributed by atoms with Crippen LogP contribution in [0.15, 0.2) is 36.8 Å². The largest absolute Gasteiger partial charge is 0.480 e. The Hall–Kier alpha value is -3.40. The summed E-state index contributed by atoms with van der Waals surface area (Å²) in [6.45, 7) is 0.0135. The Morgan fingerprint density at radius 2 is 2.26 bits per heavy atom. The summed E-state index contributed by atoms with van der Waals surface area (Å²) in [4.78, 5) is 24.6. The van der Waals surface area contributed by atoms with E-state index in [0.717, 1.165) is 0 Å². The van der Waals surface area contributed by atoms with Crippen LogP contribution in [0.1, 0.15) is 5.56 Å². The maximum Gasteiger partial charge on any atom is 0.325 e. The zero-order valence-electron chi connectivity index (χ0n) is 13.6. The zero-order chi connectivity index (χ0) is 19.0. The number of aliphatic carboxylic acids is 1. The maximum absolute atomic E-state index is 13.9. The van der Waals surface area contributed by atoms with Crippen molar-refractivity contribution in [2.45, 2.75) is 13.1 Å². The first-order valence-corrected chi connectivity index (χ1v) is 8.14. The Morgan fingerprint density at radius 3 is 3.04 bits per heavy atom. The fourth-order valence-corrected chi connectivity index (χ4v) is 2.76. The van der Waals surface area contributed by atoms with Crippen molar-refractivity contribution in [2.75, 3.05) is 10.4 Å². The number of carbonyl (C=O) groups is 1. The van der Waals surface area contributed by atoms with Gasteiger partial charge in [-0.25, -0.2) is 9.37 Å². The number of para-hydroxylation sites is 1. The number of hydroxylamine groups is 1. The molecule has 2 aromatic heterocycles. The minimum absolute atomic E-state index is 0.136. The molecule has 3 aromatic rings. The van der Waals surface area contributed by atoms with Crippen LogP contribution in [0.3, 0.4) is 0 Å². The quantitative estimate of drug-likeness (QED) is 0.685. The number of nitrogens with one attached hydrogen (secondary N) is 1. The van der Waals surface area contributed by atoms with Gasteiger partial charge in [0, 0.05) is 11.8 Å². The predicted molar refractivity (Wildman–Crippen MR) is 93.4 cm³/mol. The van der Waals surface area contributed by atoms with E-state index in [-0.39, 0.29) is 35.6 Å². The first kappa shape index (κ1) is 17.0. The molecule has 0 saturated carbocycles. The number of hydrogen-bond donors (Lipinski definition) is 2. The second kappa shape index (κ2) is 6.72. The molecule has 0 amide bonds. The minimum atomic E-state index is -1.01. The fourth-order valence-electron chi connectivity index (χ4n) is 2.57. The van der Waals surface area contributed by atoms with Crippen LogP contribution in [0.4, 0.5) is 21.8 Å². The summed E-state index contributed by atoms with van der Waals surface area (Å²) in [5.74, 6) is -0.874. The summed E-state index contributed by atoms with van der Waals surface area (Å²) in [6, 6.07) is 4.67. The molecule has 0 fully saturated rings. The first-order chi connectivity index (χ1) is 13.0. The van der Waals surface area contributed by atoms with Crippen LogP contribution in [0, 0.1) is 5.82 Å². The summed E-state index contributed by atoms with van der Waals surface area (Å²) in [5, 5.41) is 17.2. The number of carboxylic acids is 1. The Balaban J connectivity index is 1.55. The summed E-state index contributed by atoms with van der Waals surface area (Å²) in [7, 11) is 0. The van der Waals surface area contributed by atoms with Crippen molar-refractivity contribution in [3.8, 4) is 5.75 Å². The van der Waals surface area contributed by atoms with Crippen LogP contribution in [0.25, 0.3) is 0 Å². The first-order valence-electron chi connectivity index (χ1n) is 7.76. The summed E-state index contributed by atoms with van der Waals surface area (Å²) in [6.07, 6.45) is 4.33. The van der Waals surface area contributed by atoms with Gasteiger partial charge in [0.2, 0.25) is 5.95 Å². The van der Waals surface area contributed by atoms with E-state index >= 15 is 0 Å². The van der Waals surface area contributed by atoms with Gasteiger partial charge in [-0.1, -0.05) is 23.7 Å². The molecule has 0 saturated heterocycles. The van der Waals surface area contributed by atoms with E-state index in [1.54, 1.807) is 12.1 Å². The highest BCUT2D eigenvalue weighted by atomic mass is 35.5. The van der Waals surface area contributed by atoms with Crippen molar-refractivity contribution >= 4 is 35.0 Å². The van der Waals surface area contributed by atoms with Crippen LogP contribution in [0.2, 0.25) is 5.02 Å². The summed E-state index contributed by atoms with van der Waals surface area (Å²) < 4.78 is 15.1. The molecule has 1 aliphatic rings. The van der Waals surface area contributed by atoms with Gasteiger partial charge in [-0.3, -0.25) is 9.48 Å². The number of anilines is 3. The molecule has 138 valence electrons. The monoisotopic (exact) mass is 390 g/mol. The highest BCUT2D eigenvalue weighted by Gasteiger charge is 2.27. The van der Waals surface area contributed by atoms with Crippen LogP contribution >= 0.6 is 11.6 Å². The van der Waals surface area contributed by atoms with E-state index < -0.39 is 11.8 Å². The van der Waals surface area contributed by atoms with Gasteiger partial charge < -0.3 is 15.3 Å². The molecule has 0 radical (unpaired) electrons. The molecule has 0 aliphatic carbocycles. The number of hydrogen-bond acceptors (Lipinski definition) is 7. The van der Waals surface area contributed by atoms with Gasteiger partial charge in [-0.15, -0.1) is 0 Å². The third kappa shape index (κ3) is 3.47. The van der Waals surface area contributed by atoms with Crippen LogP contribution in [0.5, 0.6) is 5.75 Å². The van der Waals surface area contributed by atoms with Gasteiger partial charge in [0.25, 0.3) is 0 Å². The third-order valence-electron chi connectivity index (χ3n) is 3.71. The third-order valence-corrected chi connectivity index (χ3v) is 3.98. The van der Waals surface area contributed by atoms with E-state index in [2.05, 4.69) is 20.4 Å². The molecule has 0 atom stereocenters. The van der Waals surface area contributed by atoms with Crippen molar-refractivity contribution in [1.29, 1.82) is 0 Å². The number of carboxylic acid groups (broad SMARTS) is 1. The molecular formula is C16H12ClFN6O3. The van der Waals surface area contributed by atoms with E-state index in [4.69, 9.17) is 21.5 Å². The van der Waals surface area contributed by atoms with E-state index in [9.17, 15) is 9.18 Å². The van der Waals surface area contributed by atoms with Crippen molar-refractivity contribution in [3.05, 3.63) is 53.2 Å². The number of benzene rings is 1. The highest BCUT2D eigenvalue weighted by molar-refractivity contribution is 6.32. The standard InChI is InChI=1S/C16H12ClFN6O3/c17-11-5-19-16(21-10-4-20-23(7-10)8-13(25)26)22-15(11)24-6-9-2-1-3-12(18)14(9)27-24/h1-5,7H,6,8H2,(H,25,26)(H,19,21,22). The maximum atomic E-state index is 13.9. The molecule has 0 spiro atoms. The fraction of sp³-hybridized carbons (Fsp3) is 0.125. The van der Waals surface area contributed by atoms with Crippen LogP contribution in [-0.2, 0) is 17.9 Å². The lowest BCUT2D eigenvalue weighted by molar-refractivity contribution is -0.137. The van der Waals surface area contributed by atoms with Gasteiger partial charge in [-0.2, -0.15) is 15.1 Å². The van der Waals surface area contributed by atoms with Crippen molar-refractivity contribution < 1.29 is 19.1 Å². The topological polar surface area (TPSA) is 105 Å². The van der Waals surface area contributed by atoms with Crippen molar-refractivity contribution in [3.63, 3.8) is 0 Å². The molecular weight excluding hydrogens is 379 g/mol. The molecule has 1 aliphatic heterocycles. The predicted octanol–water partition coefficient (Wildman–Crippen LogP) is 2.61. The number of rotatable bonds is 5. The molecule has 3 heterocycles. The lowest BCUT2D eigenvalue weighted by atomic mass is 10.2. The summed E-state index contributed by atoms with van der Waals surface area (Å²) in [5.41, 5.74) is 1.18. The number of aromatic nitrogens is 4. The number of fused-ring (bicyclic) bond motifs is 1. The van der Waals surface area contributed by atoms with Gasteiger partial charge in [-0.05, 0) is 6.07 Å². The second-order valence-electron chi connectivity index (χ2n) is 5.67. The normalized spacial score (nSPS) is 12.6. The number of nitrogens with zero attached hydrogens (tertiary/aromatic N) is 5. The van der Waals surface area contributed by atoms with E-state index in [1.807, 2.05) is 0 Å². The minimum Gasteiger partial charge on any atom is -0.480 e. The molecule has 27 heavy (non-hydrogen) atoms. The molecule has 1 aromatic carbocycles. The van der Waals surface area contributed by atoms with Crippen molar-refractivity contribution in [1.82, 2.24) is 19.7 Å². The highest BCUT2D eigenvalue weighted by Crippen LogP contribution is 2.35. The van der Waals surface area contributed by atoms with Crippen molar-refractivity contribution in [2.24, 2.45) is 0 Å².